The van der Waals surface area contributed by atoms with E-state index in [0.717, 1.165) is 11.1 Å². The quantitative estimate of drug-likeness (QED) is 0.702. The number of carbonyl (C=O) groups is 2. The van der Waals surface area contributed by atoms with Crippen LogP contribution in [-0.2, 0) is 19.4 Å². The van der Waals surface area contributed by atoms with Gasteiger partial charge < -0.3 is 15.1 Å². The van der Waals surface area contributed by atoms with Crippen LogP contribution in [0.15, 0.2) is 45.9 Å². The Bertz CT molecular complexity index is 904. The average Bonchev–Trinajstić information content (AvgIpc) is 3.15. The molecule has 1 aromatic carbocycles. The number of hydrogen-bond donors (Lipinski definition) is 2. The standard InChI is InChI=1S/C19H24N2O5S/c1-4-9-20-18(22)19(23)21-12-17(16-6-5-10-26-16)27(24,25)15-8-7-13(2)14(3)11-15/h5-8,10-11,17H,4,9,12H2,1-3H3,(H,20,22)(H,21,23)/t17-/m0/s1. The van der Waals surface area contributed by atoms with Crippen LogP contribution in [-0.4, -0.2) is 33.3 Å². The molecule has 7 nitrogen and oxygen atoms in total. The van der Waals surface area contributed by atoms with Crippen LogP contribution >= 0.6 is 0 Å². The van der Waals surface area contributed by atoms with Crippen molar-refractivity contribution < 1.29 is 22.4 Å². The molecule has 0 radical (unpaired) electrons. The van der Waals surface area contributed by atoms with E-state index in [1.54, 1.807) is 18.2 Å². The van der Waals surface area contributed by atoms with E-state index >= 15 is 0 Å². The van der Waals surface area contributed by atoms with Gasteiger partial charge >= 0.3 is 11.8 Å². The van der Waals surface area contributed by atoms with Crippen molar-refractivity contribution in [3.8, 4) is 0 Å². The maximum atomic E-state index is 13.1. The van der Waals surface area contributed by atoms with Crippen molar-refractivity contribution in [2.75, 3.05) is 13.1 Å². The van der Waals surface area contributed by atoms with Crippen LogP contribution in [0.25, 0.3) is 0 Å². The fraction of sp³-hybridized carbons (Fsp3) is 0.368. The zero-order valence-electron chi connectivity index (χ0n) is 15.6. The van der Waals surface area contributed by atoms with Gasteiger partial charge in [-0.3, -0.25) is 9.59 Å². The Labute approximate surface area is 159 Å². The van der Waals surface area contributed by atoms with Crippen molar-refractivity contribution in [2.45, 2.75) is 37.3 Å². The van der Waals surface area contributed by atoms with Crippen LogP contribution in [0.5, 0.6) is 0 Å². The van der Waals surface area contributed by atoms with E-state index in [0.29, 0.717) is 13.0 Å². The van der Waals surface area contributed by atoms with E-state index in [9.17, 15) is 18.0 Å². The van der Waals surface area contributed by atoms with Gasteiger partial charge in [0.15, 0.2) is 9.84 Å². The maximum Gasteiger partial charge on any atom is 0.309 e. The number of rotatable bonds is 7. The first kappa shape index (κ1) is 20.7. The minimum atomic E-state index is -3.84. The van der Waals surface area contributed by atoms with Gasteiger partial charge in [0.1, 0.15) is 11.0 Å². The molecule has 27 heavy (non-hydrogen) atoms. The molecule has 0 aliphatic heterocycles. The Morgan fingerprint density at radius 3 is 2.37 bits per heavy atom. The second kappa shape index (κ2) is 8.85. The van der Waals surface area contributed by atoms with E-state index in [2.05, 4.69) is 10.6 Å². The second-order valence-electron chi connectivity index (χ2n) is 6.26. The summed E-state index contributed by atoms with van der Waals surface area (Å²) in [7, 11) is -3.84. The second-order valence-corrected chi connectivity index (χ2v) is 8.39. The zero-order valence-corrected chi connectivity index (χ0v) is 16.4. The summed E-state index contributed by atoms with van der Waals surface area (Å²) < 4.78 is 31.6. The number of aryl methyl sites for hydroxylation is 2. The molecule has 0 aliphatic rings. The van der Waals surface area contributed by atoms with Crippen LogP contribution < -0.4 is 10.6 Å². The zero-order chi connectivity index (χ0) is 20.0. The first-order valence-electron chi connectivity index (χ1n) is 8.68. The van der Waals surface area contributed by atoms with Gasteiger partial charge in [-0.2, -0.15) is 0 Å². The Kier molecular flexibility index (Phi) is 6.79. The number of benzene rings is 1. The summed E-state index contributed by atoms with van der Waals surface area (Å²) >= 11 is 0. The number of amides is 2. The van der Waals surface area contributed by atoms with Gasteiger partial charge in [0.25, 0.3) is 0 Å². The number of sulfone groups is 1. The topological polar surface area (TPSA) is 105 Å². The molecule has 1 aromatic heterocycles. The van der Waals surface area contributed by atoms with Crippen LogP contribution in [0, 0.1) is 13.8 Å². The van der Waals surface area contributed by atoms with Gasteiger partial charge in [-0.25, -0.2) is 8.42 Å². The molecule has 2 N–H and O–H groups in total. The van der Waals surface area contributed by atoms with Gasteiger partial charge in [-0.1, -0.05) is 13.0 Å². The predicted molar refractivity (Wildman–Crippen MR) is 101 cm³/mol. The molecular formula is C19H24N2O5S. The highest BCUT2D eigenvalue weighted by Gasteiger charge is 2.32. The molecule has 0 unspecified atom stereocenters. The highest BCUT2D eigenvalue weighted by molar-refractivity contribution is 7.91. The van der Waals surface area contributed by atoms with Crippen molar-refractivity contribution >= 4 is 21.7 Å². The summed E-state index contributed by atoms with van der Waals surface area (Å²) in [5.41, 5.74) is 1.82. The van der Waals surface area contributed by atoms with E-state index in [4.69, 9.17) is 4.42 Å². The third-order valence-electron chi connectivity index (χ3n) is 4.23. The predicted octanol–water partition coefficient (Wildman–Crippen LogP) is 2.05. The minimum Gasteiger partial charge on any atom is -0.468 e. The number of nitrogens with one attached hydrogen (secondary N) is 2. The molecule has 2 aromatic rings. The molecule has 0 fully saturated rings. The monoisotopic (exact) mass is 392 g/mol. The summed E-state index contributed by atoms with van der Waals surface area (Å²) in [4.78, 5) is 23.8. The molecule has 2 rings (SSSR count). The molecule has 1 atom stereocenters. The fourth-order valence-corrected chi connectivity index (χ4v) is 4.15. The first-order chi connectivity index (χ1) is 12.8. The lowest BCUT2D eigenvalue weighted by molar-refractivity contribution is -0.139. The lowest BCUT2D eigenvalue weighted by Crippen LogP contribution is -2.42. The Hall–Kier alpha value is -2.61. The van der Waals surface area contributed by atoms with E-state index in [1.165, 1.54) is 18.4 Å². The molecular weight excluding hydrogens is 368 g/mol. The summed E-state index contributed by atoms with van der Waals surface area (Å²) in [5.74, 6) is -1.48. The lowest BCUT2D eigenvalue weighted by atomic mass is 10.1. The van der Waals surface area contributed by atoms with Gasteiger partial charge in [0.2, 0.25) is 0 Å². The van der Waals surface area contributed by atoms with Crippen LogP contribution in [0.1, 0.15) is 35.5 Å². The van der Waals surface area contributed by atoms with Gasteiger partial charge in [0.05, 0.1) is 11.2 Å². The Balaban J connectivity index is 2.26. The molecule has 0 saturated heterocycles. The number of carbonyl (C=O) groups excluding carboxylic acids is 2. The average molecular weight is 392 g/mol. The Morgan fingerprint density at radius 2 is 1.78 bits per heavy atom. The minimum absolute atomic E-state index is 0.136. The third-order valence-corrected chi connectivity index (χ3v) is 6.29. The van der Waals surface area contributed by atoms with Gasteiger partial charge in [-0.15, -0.1) is 0 Å². The molecule has 0 saturated carbocycles. The molecule has 0 aliphatic carbocycles. The fourth-order valence-electron chi connectivity index (χ4n) is 2.48. The molecule has 2 amide bonds. The van der Waals surface area contributed by atoms with Crippen molar-refractivity contribution in [1.29, 1.82) is 0 Å². The highest BCUT2D eigenvalue weighted by atomic mass is 32.2. The van der Waals surface area contributed by atoms with E-state index in [-0.39, 0.29) is 17.2 Å². The molecule has 1 heterocycles. The first-order valence-corrected chi connectivity index (χ1v) is 10.2. The normalized spacial score (nSPS) is 12.4. The highest BCUT2D eigenvalue weighted by Crippen LogP contribution is 2.29. The summed E-state index contributed by atoms with van der Waals surface area (Å²) in [6.07, 6.45) is 2.06. The lowest BCUT2D eigenvalue weighted by Gasteiger charge is -2.17. The molecule has 146 valence electrons. The molecule has 8 heteroatoms. The van der Waals surface area contributed by atoms with Crippen molar-refractivity contribution in [1.82, 2.24) is 10.6 Å². The molecule has 0 bridgehead atoms. The van der Waals surface area contributed by atoms with Gasteiger partial charge in [0, 0.05) is 13.1 Å². The summed E-state index contributed by atoms with van der Waals surface area (Å²) in [6.45, 7) is 5.68. The third kappa shape index (κ3) is 4.97. The van der Waals surface area contributed by atoms with E-state index in [1.807, 2.05) is 20.8 Å². The SMILES string of the molecule is CCCNC(=O)C(=O)NC[C@@H](c1ccco1)S(=O)(=O)c1ccc(C)c(C)c1. The van der Waals surface area contributed by atoms with Crippen LogP contribution in [0.4, 0.5) is 0 Å². The van der Waals surface area contributed by atoms with Crippen molar-refractivity contribution in [3.63, 3.8) is 0 Å². The summed E-state index contributed by atoms with van der Waals surface area (Å²) in [5, 5.41) is 3.70. The van der Waals surface area contributed by atoms with Crippen molar-refractivity contribution in [3.05, 3.63) is 53.5 Å². The van der Waals surface area contributed by atoms with E-state index < -0.39 is 26.9 Å². The maximum absolute atomic E-state index is 13.1. The number of furan rings is 1. The Morgan fingerprint density at radius 1 is 1.07 bits per heavy atom. The number of hydrogen-bond acceptors (Lipinski definition) is 5. The van der Waals surface area contributed by atoms with Crippen LogP contribution in [0.2, 0.25) is 0 Å². The van der Waals surface area contributed by atoms with Crippen LogP contribution in [0.3, 0.4) is 0 Å². The molecule has 0 spiro atoms. The van der Waals surface area contributed by atoms with Gasteiger partial charge in [-0.05, 0) is 55.7 Å². The van der Waals surface area contributed by atoms with Crippen molar-refractivity contribution in [2.24, 2.45) is 0 Å². The summed E-state index contributed by atoms with van der Waals surface area (Å²) in [6, 6.07) is 7.97. The smallest absolute Gasteiger partial charge is 0.309 e. The largest absolute Gasteiger partial charge is 0.468 e.